The van der Waals surface area contributed by atoms with Crippen LogP contribution in [-0.4, -0.2) is 36.4 Å². The van der Waals surface area contributed by atoms with Gasteiger partial charge in [0.25, 0.3) is 0 Å². The van der Waals surface area contributed by atoms with E-state index in [2.05, 4.69) is 13.8 Å². The number of amides is 1. The number of hydrogen-bond acceptors (Lipinski definition) is 5. The molecule has 3 aromatic rings. The smallest absolute Gasteiger partial charge is 0.223 e. The quantitative estimate of drug-likeness (QED) is 0.722. The Bertz CT molecular complexity index is 794. The predicted molar refractivity (Wildman–Crippen MR) is 85.4 cm³/mol. The van der Waals surface area contributed by atoms with Gasteiger partial charge in [0.1, 0.15) is 11.0 Å². The van der Waals surface area contributed by atoms with Gasteiger partial charge in [-0.25, -0.2) is 0 Å². The van der Waals surface area contributed by atoms with E-state index in [1.54, 1.807) is 15.8 Å². The summed E-state index contributed by atoms with van der Waals surface area (Å²) in [5.41, 5.74) is 3.92. The summed E-state index contributed by atoms with van der Waals surface area (Å²) in [4.78, 5) is 14.0. The maximum atomic E-state index is 12.2. The molecule has 2 aromatic heterocycles. The van der Waals surface area contributed by atoms with Gasteiger partial charge in [0.15, 0.2) is 0 Å². The van der Waals surface area contributed by atoms with Gasteiger partial charge >= 0.3 is 0 Å². The molecule has 3 rings (SSSR count). The largest absolute Gasteiger partial charge is 0.341 e. The van der Waals surface area contributed by atoms with E-state index in [9.17, 15) is 4.79 Å². The van der Waals surface area contributed by atoms with Crippen molar-refractivity contribution < 1.29 is 4.79 Å². The summed E-state index contributed by atoms with van der Waals surface area (Å²) in [5, 5.41) is 4.11. The number of fused-ring (bicyclic) bond motifs is 1. The van der Waals surface area contributed by atoms with Crippen molar-refractivity contribution in [2.45, 2.75) is 19.4 Å². The van der Waals surface area contributed by atoms with E-state index in [-0.39, 0.29) is 5.91 Å². The van der Waals surface area contributed by atoms with Crippen LogP contribution in [0.1, 0.15) is 17.7 Å². The average molecular weight is 315 g/mol. The second kappa shape index (κ2) is 6.23. The number of hydrogen-bond donors (Lipinski definition) is 0. The van der Waals surface area contributed by atoms with Crippen molar-refractivity contribution in [1.82, 2.24) is 23.4 Å². The number of carbonyl (C=O) groups is 1. The summed E-state index contributed by atoms with van der Waals surface area (Å²) in [6.07, 6.45) is 2.94. The topological polar surface area (TPSA) is 63.9 Å². The molecule has 1 amide bonds. The van der Waals surface area contributed by atoms with Crippen LogP contribution in [0.2, 0.25) is 0 Å². The highest BCUT2D eigenvalue weighted by atomic mass is 32.1. The lowest BCUT2D eigenvalue weighted by Gasteiger charge is -2.17. The fourth-order valence-electron chi connectivity index (χ4n) is 2.36. The standard InChI is InChI=1S/C15H17N5OS/c1-19(15(21)6-4-12-7-8-16-20(12)2)10-11-3-5-13-14(9-11)18-22-17-13/h3,5,7-9H,4,6,10H2,1-2H3. The maximum absolute atomic E-state index is 12.2. The molecule has 22 heavy (non-hydrogen) atoms. The van der Waals surface area contributed by atoms with Crippen LogP contribution in [0.25, 0.3) is 11.0 Å². The molecule has 0 unspecified atom stereocenters. The van der Waals surface area contributed by atoms with E-state index in [1.165, 1.54) is 11.7 Å². The lowest BCUT2D eigenvalue weighted by Crippen LogP contribution is -2.26. The highest BCUT2D eigenvalue weighted by Crippen LogP contribution is 2.15. The average Bonchev–Trinajstić information content (AvgIpc) is 3.13. The first-order valence-corrected chi connectivity index (χ1v) is 7.78. The molecule has 0 bridgehead atoms. The molecule has 0 N–H and O–H groups in total. The summed E-state index contributed by atoms with van der Waals surface area (Å²) >= 11 is 1.21. The monoisotopic (exact) mass is 315 g/mol. The van der Waals surface area contributed by atoms with Crippen LogP contribution >= 0.6 is 11.7 Å². The molecule has 1 aromatic carbocycles. The lowest BCUT2D eigenvalue weighted by molar-refractivity contribution is -0.130. The molecular formula is C15H17N5OS. The van der Waals surface area contributed by atoms with Crippen LogP contribution in [0.5, 0.6) is 0 Å². The van der Waals surface area contributed by atoms with Crippen LogP contribution in [0.3, 0.4) is 0 Å². The molecule has 6 nitrogen and oxygen atoms in total. The first kappa shape index (κ1) is 14.6. The van der Waals surface area contributed by atoms with Gasteiger partial charge in [0, 0.05) is 39.0 Å². The third-order valence-electron chi connectivity index (χ3n) is 3.68. The minimum absolute atomic E-state index is 0.123. The van der Waals surface area contributed by atoms with Gasteiger partial charge in [0.2, 0.25) is 5.91 Å². The number of rotatable bonds is 5. The summed E-state index contributed by atoms with van der Waals surface area (Å²) < 4.78 is 10.2. The van der Waals surface area contributed by atoms with Crippen molar-refractivity contribution in [1.29, 1.82) is 0 Å². The minimum atomic E-state index is 0.123. The molecule has 0 aliphatic carbocycles. The zero-order valence-corrected chi connectivity index (χ0v) is 13.4. The molecule has 2 heterocycles. The van der Waals surface area contributed by atoms with Gasteiger partial charge in [-0.05, 0) is 30.2 Å². The number of nitrogens with zero attached hydrogens (tertiary/aromatic N) is 5. The van der Waals surface area contributed by atoms with E-state index in [0.29, 0.717) is 19.4 Å². The van der Waals surface area contributed by atoms with Crippen LogP contribution in [0.4, 0.5) is 0 Å². The molecule has 0 fully saturated rings. The molecule has 0 spiro atoms. The van der Waals surface area contributed by atoms with Crippen molar-refractivity contribution >= 4 is 28.7 Å². The van der Waals surface area contributed by atoms with Crippen molar-refractivity contribution in [2.75, 3.05) is 7.05 Å². The van der Waals surface area contributed by atoms with Gasteiger partial charge in [-0.1, -0.05) is 6.07 Å². The van der Waals surface area contributed by atoms with Crippen LogP contribution < -0.4 is 0 Å². The van der Waals surface area contributed by atoms with Crippen LogP contribution in [-0.2, 0) is 24.8 Å². The molecule has 0 atom stereocenters. The third-order valence-corrected chi connectivity index (χ3v) is 4.24. The molecule has 0 aliphatic heterocycles. The van der Waals surface area contributed by atoms with E-state index in [4.69, 9.17) is 0 Å². The second-order valence-corrected chi connectivity index (χ2v) is 5.81. The van der Waals surface area contributed by atoms with Gasteiger partial charge in [-0.3, -0.25) is 9.48 Å². The molecule has 0 aliphatic rings. The van der Waals surface area contributed by atoms with Crippen molar-refractivity contribution in [2.24, 2.45) is 7.05 Å². The predicted octanol–water partition coefficient (Wildman–Crippen LogP) is 2.02. The summed E-state index contributed by atoms with van der Waals surface area (Å²) in [6.45, 7) is 0.581. The van der Waals surface area contributed by atoms with Crippen LogP contribution in [0.15, 0.2) is 30.5 Å². The second-order valence-electron chi connectivity index (χ2n) is 5.28. The summed E-state index contributed by atoms with van der Waals surface area (Å²) in [5.74, 6) is 0.123. The Morgan fingerprint density at radius 3 is 2.86 bits per heavy atom. The number of carbonyl (C=O) groups excluding carboxylic acids is 1. The van der Waals surface area contributed by atoms with E-state index in [0.717, 1.165) is 22.3 Å². The molecule has 114 valence electrons. The molecular weight excluding hydrogens is 298 g/mol. The van der Waals surface area contributed by atoms with Crippen molar-refractivity contribution in [3.8, 4) is 0 Å². The molecule has 7 heteroatoms. The Kier molecular flexibility index (Phi) is 4.15. The zero-order chi connectivity index (χ0) is 15.5. The van der Waals surface area contributed by atoms with Gasteiger partial charge in [-0.15, -0.1) is 0 Å². The van der Waals surface area contributed by atoms with E-state index in [1.807, 2.05) is 38.4 Å². The van der Waals surface area contributed by atoms with E-state index >= 15 is 0 Å². The minimum Gasteiger partial charge on any atom is -0.341 e. The Morgan fingerprint density at radius 2 is 2.09 bits per heavy atom. The molecule has 0 saturated heterocycles. The normalized spacial score (nSPS) is 11.0. The number of aryl methyl sites for hydroxylation is 2. The Labute approximate surface area is 132 Å². The number of benzene rings is 1. The van der Waals surface area contributed by atoms with Gasteiger partial charge < -0.3 is 4.90 Å². The highest BCUT2D eigenvalue weighted by molar-refractivity contribution is 7.00. The fourth-order valence-corrected chi connectivity index (χ4v) is 2.88. The molecule has 0 radical (unpaired) electrons. The van der Waals surface area contributed by atoms with Crippen molar-refractivity contribution in [3.05, 3.63) is 41.7 Å². The first-order chi connectivity index (χ1) is 10.6. The lowest BCUT2D eigenvalue weighted by atomic mass is 10.1. The maximum Gasteiger partial charge on any atom is 0.223 e. The van der Waals surface area contributed by atoms with Crippen molar-refractivity contribution in [3.63, 3.8) is 0 Å². The van der Waals surface area contributed by atoms with Gasteiger partial charge in [0.05, 0.1) is 11.7 Å². The Morgan fingerprint density at radius 1 is 1.27 bits per heavy atom. The van der Waals surface area contributed by atoms with Gasteiger partial charge in [-0.2, -0.15) is 13.8 Å². The molecule has 0 saturated carbocycles. The fraction of sp³-hybridized carbons (Fsp3) is 0.333. The highest BCUT2D eigenvalue weighted by Gasteiger charge is 2.11. The summed E-state index contributed by atoms with van der Waals surface area (Å²) in [7, 11) is 3.72. The zero-order valence-electron chi connectivity index (χ0n) is 12.6. The SMILES string of the molecule is CN(Cc1ccc2nsnc2c1)C(=O)CCc1ccnn1C. The summed E-state index contributed by atoms with van der Waals surface area (Å²) in [6, 6.07) is 7.87. The third kappa shape index (κ3) is 3.14. The Hall–Kier alpha value is -2.28. The first-order valence-electron chi connectivity index (χ1n) is 7.05. The number of aromatic nitrogens is 4. The Balaban J connectivity index is 1.59. The van der Waals surface area contributed by atoms with Crippen LogP contribution in [0, 0.1) is 0 Å². The van der Waals surface area contributed by atoms with E-state index < -0.39 is 0 Å².